The van der Waals surface area contributed by atoms with E-state index >= 15 is 0 Å². The Morgan fingerprint density at radius 2 is 2.00 bits per heavy atom. The number of hydrogen-bond donors (Lipinski definition) is 1. The Balaban J connectivity index is 2.31. The molecule has 6 nitrogen and oxygen atoms in total. The van der Waals surface area contributed by atoms with Crippen molar-refractivity contribution in [2.24, 2.45) is 0 Å². The van der Waals surface area contributed by atoms with E-state index in [-0.39, 0.29) is 12.6 Å². The molecular weight excluding hydrogens is 242 g/mol. The van der Waals surface area contributed by atoms with Crippen LogP contribution in [0.5, 0.6) is 0 Å². The minimum absolute atomic E-state index is 0.163. The lowest BCUT2D eigenvalue weighted by molar-refractivity contribution is 0.288. The fourth-order valence-electron chi connectivity index (χ4n) is 1.93. The number of rotatable bonds is 6. The first-order valence-corrected chi connectivity index (χ1v) is 6.45. The predicted molar refractivity (Wildman–Crippen MR) is 73.3 cm³/mol. The molecule has 1 aromatic carbocycles. The average molecular weight is 261 g/mol. The van der Waals surface area contributed by atoms with E-state index in [2.05, 4.69) is 34.3 Å². The van der Waals surface area contributed by atoms with Crippen LogP contribution in [0, 0.1) is 0 Å². The number of benzene rings is 1. The largest absolute Gasteiger partial charge is 0.396 e. The number of aliphatic hydroxyl groups is 1. The van der Waals surface area contributed by atoms with E-state index in [1.165, 1.54) is 0 Å². The van der Waals surface area contributed by atoms with Gasteiger partial charge in [0.15, 0.2) is 0 Å². The van der Waals surface area contributed by atoms with Gasteiger partial charge in [-0.25, -0.2) is 0 Å². The van der Waals surface area contributed by atoms with Gasteiger partial charge in [-0.3, -0.25) is 0 Å². The Morgan fingerprint density at radius 3 is 2.63 bits per heavy atom. The molecule has 0 atom stereocenters. The molecule has 1 aromatic heterocycles. The van der Waals surface area contributed by atoms with Gasteiger partial charge >= 0.3 is 0 Å². The maximum Gasteiger partial charge on any atom is 0.250 e. The van der Waals surface area contributed by atoms with Crippen molar-refractivity contribution in [1.82, 2.24) is 20.2 Å². The molecule has 0 bridgehead atoms. The van der Waals surface area contributed by atoms with Gasteiger partial charge < -0.3 is 10.0 Å². The van der Waals surface area contributed by atoms with Crippen LogP contribution in [0.2, 0.25) is 0 Å². The summed E-state index contributed by atoms with van der Waals surface area (Å²) in [6.07, 6.45) is 0.694. The van der Waals surface area contributed by atoms with Crippen LogP contribution in [0.15, 0.2) is 30.3 Å². The van der Waals surface area contributed by atoms with Gasteiger partial charge in [-0.1, -0.05) is 23.3 Å². The number of nitrogens with zero attached hydrogens (tertiary/aromatic N) is 5. The number of aliphatic hydroxyl groups excluding tert-OH is 1. The lowest BCUT2D eigenvalue weighted by Gasteiger charge is -2.26. The maximum atomic E-state index is 9.00. The van der Waals surface area contributed by atoms with Crippen LogP contribution in [0.1, 0.15) is 20.3 Å². The topological polar surface area (TPSA) is 67.1 Å². The molecule has 1 heterocycles. The van der Waals surface area contributed by atoms with Crippen LogP contribution in [0.3, 0.4) is 0 Å². The van der Waals surface area contributed by atoms with E-state index in [1.807, 2.05) is 30.3 Å². The lowest BCUT2D eigenvalue weighted by atomic mass is 10.3. The molecule has 102 valence electrons. The van der Waals surface area contributed by atoms with Gasteiger partial charge in [-0.15, -0.1) is 0 Å². The molecular formula is C13H19N5O. The Morgan fingerprint density at radius 1 is 1.26 bits per heavy atom. The first kappa shape index (κ1) is 13.5. The Kier molecular flexibility index (Phi) is 4.46. The molecule has 0 unspecified atom stereocenters. The van der Waals surface area contributed by atoms with Gasteiger partial charge in [0.25, 0.3) is 5.95 Å². The predicted octanol–water partition coefficient (Wildman–Crippen LogP) is 1.26. The van der Waals surface area contributed by atoms with Gasteiger partial charge in [0.2, 0.25) is 0 Å². The van der Waals surface area contributed by atoms with Crippen molar-refractivity contribution in [3.8, 4) is 5.69 Å². The number of tetrazole rings is 1. The highest BCUT2D eigenvalue weighted by Gasteiger charge is 2.18. The number of anilines is 1. The summed E-state index contributed by atoms with van der Waals surface area (Å²) in [6.45, 7) is 5.06. The minimum Gasteiger partial charge on any atom is -0.396 e. The molecule has 0 aliphatic heterocycles. The van der Waals surface area contributed by atoms with Crippen LogP contribution < -0.4 is 4.90 Å². The molecule has 0 aliphatic rings. The molecule has 0 amide bonds. The second kappa shape index (κ2) is 6.29. The van der Waals surface area contributed by atoms with Gasteiger partial charge in [-0.05, 0) is 42.8 Å². The standard InChI is InChI=1S/C13H19N5O/c1-11(2)17(9-6-10-19)13-14-15-16-18(13)12-7-4-3-5-8-12/h3-5,7-8,11,19H,6,9-10H2,1-2H3. The Hall–Kier alpha value is -1.95. The summed E-state index contributed by atoms with van der Waals surface area (Å²) in [5, 5.41) is 20.9. The zero-order valence-electron chi connectivity index (χ0n) is 11.3. The molecule has 0 spiro atoms. The van der Waals surface area contributed by atoms with E-state index in [4.69, 9.17) is 5.11 Å². The summed E-state index contributed by atoms with van der Waals surface area (Å²) in [5.41, 5.74) is 0.928. The summed E-state index contributed by atoms with van der Waals surface area (Å²) < 4.78 is 1.72. The second-order valence-corrected chi connectivity index (χ2v) is 4.59. The van der Waals surface area contributed by atoms with Crippen LogP contribution in [-0.4, -0.2) is 44.5 Å². The van der Waals surface area contributed by atoms with E-state index in [9.17, 15) is 0 Å². The molecule has 0 saturated carbocycles. The summed E-state index contributed by atoms with van der Waals surface area (Å²) in [4.78, 5) is 2.09. The normalized spacial score (nSPS) is 10.9. The molecule has 0 saturated heterocycles. The number of aromatic nitrogens is 4. The third kappa shape index (κ3) is 3.08. The molecule has 2 aromatic rings. The van der Waals surface area contributed by atoms with Crippen molar-refractivity contribution in [3.05, 3.63) is 30.3 Å². The monoisotopic (exact) mass is 261 g/mol. The third-order valence-corrected chi connectivity index (χ3v) is 2.89. The van der Waals surface area contributed by atoms with Crippen molar-refractivity contribution in [3.63, 3.8) is 0 Å². The van der Waals surface area contributed by atoms with Crippen molar-refractivity contribution >= 4 is 5.95 Å². The second-order valence-electron chi connectivity index (χ2n) is 4.59. The quantitative estimate of drug-likeness (QED) is 0.848. The van der Waals surface area contributed by atoms with Crippen molar-refractivity contribution in [2.45, 2.75) is 26.3 Å². The highest BCUT2D eigenvalue weighted by Crippen LogP contribution is 2.17. The highest BCUT2D eigenvalue weighted by atomic mass is 16.3. The van der Waals surface area contributed by atoms with Crippen LogP contribution >= 0.6 is 0 Å². The number of para-hydroxylation sites is 1. The summed E-state index contributed by atoms with van der Waals surface area (Å²) in [6, 6.07) is 10.1. The molecule has 19 heavy (non-hydrogen) atoms. The fraction of sp³-hybridized carbons (Fsp3) is 0.462. The Bertz CT molecular complexity index is 497. The van der Waals surface area contributed by atoms with E-state index < -0.39 is 0 Å². The zero-order chi connectivity index (χ0) is 13.7. The first-order valence-electron chi connectivity index (χ1n) is 6.45. The molecule has 0 aliphatic carbocycles. The van der Waals surface area contributed by atoms with Crippen molar-refractivity contribution in [1.29, 1.82) is 0 Å². The fourth-order valence-corrected chi connectivity index (χ4v) is 1.93. The third-order valence-electron chi connectivity index (χ3n) is 2.89. The summed E-state index contributed by atoms with van der Waals surface area (Å²) >= 11 is 0. The van der Waals surface area contributed by atoms with Gasteiger partial charge in [-0.2, -0.15) is 4.68 Å². The Labute approximate surface area is 112 Å². The first-order chi connectivity index (χ1) is 9.24. The molecule has 0 fully saturated rings. The average Bonchev–Trinajstić information content (AvgIpc) is 2.89. The van der Waals surface area contributed by atoms with Gasteiger partial charge in [0.05, 0.1) is 5.69 Å². The highest BCUT2D eigenvalue weighted by molar-refractivity contribution is 5.40. The van der Waals surface area contributed by atoms with Crippen LogP contribution in [0.25, 0.3) is 5.69 Å². The van der Waals surface area contributed by atoms with Gasteiger partial charge in [0, 0.05) is 19.2 Å². The molecule has 0 radical (unpaired) electrons. The van der Waals surface area contributed by atoms with Crippen molar-refractivity contribution < 1.29 is 5.11 Å². The lowest BCUT2D eigenvalue weighted by Crippen LogP contribution is -2.34. The smallest absolute Gasteiger partial charge is 0.250 e. The minimum atomic E-state index is 0.163. The number of hydrogen-bond acceptors (Lipinski definition) is 5. The van der Waals surface area contributed by atoms with Crippen molar-refractivity contribution in [2.75, 3.05) is 18.1 Å². The van der Waals surface area contributed by atoms with E-state index in [1.54, 1.807) is 4.68 Å². The van der Waals surface area contributed by atoms with Gasteiger partial charge in [0.1, 0.15) is 0 Å². The van der Waals surface area contributed by atoms with Crippen LogP contribution in [0.4, 0.5) is 5.95 Å². The maximum absolute atomic E-state index is 9.00. The van der Waals surface area contributed by atoms with E-state index in [0.29, 0.717) is 12.4 Å². The zero-order valence-corrected chi connectivity index (χ0v) is 11.3. The molecule has 6 heteroatoms. The SMILES string of the molecule is CC(C)N(CCCO)c1nnnn1-c1ccccc1. The van der Waals surface area contributed by atoms with E-state index in [0.717, 1.165) is 12.2 Å². The summed E-state index contributed by atoms with van der Waals surface area (Å²) in [5.74, 6) is 0.703. The molecule has 2 rings (SSSR count). The van der Waals surface area contributed by atoms with Crippen LogP contribution in [-0.2, 0) is 0 Å². The molecule has 1 N–H and O–H groups in total. The summed E-state index contributed by atoms with van der Waals surface area (Å²) in [7, 11) is 0.